The summed E-state index contributed by atoms with van der Waals surface area (Å²) < 4.78 is 5.28. The van der Waals surface area contributed by atoms with Gasteiger partial charge in [-0.1, -0.05) is 48.5 Å². The first kappa shape index (κ1) is 24.4. The third-order valence-electron chi connectivity index (χ3n) is 5.11. The molecule has 1 atom stereocenters. The maximum Gasteiger partial charge on any atom is 0.243 e. The highest BCUT2D eigenvalue weighted by atomic mass is 16.5. The molecule has 0 bridgehead atoms. The molecule has 1 heterocycles. The van der Waals surface area contributed by atoms with Crippen molar-refractivity contribution in [3.05, 3.63) is 95.3 Å². The van der Waals surface area contributed by atoms with E-state index in [-0.39, 0.29) is 30.7 Å². The highest BCUT2D eigenvalue weighted by Gasteiger charge is 2.22. The van der Waals surface area contributed by atoms with Crippen LogP contribution in [0.4, 0.5) is 0 Å². The number of aromatic nitrogens is 1. The summed E-state index contributed by atoms with van der Waals surface area (Å²) >= 11 is 0. The minimum absolute atomic E-state index is 0.00534. The Morgan fingerprint density at radius 1 is 1.00 bits per heavy atom. The Balaban J connectivity index is 1.58. The maximum absolute atomic E-state index is 12.9. The lowest BCUT2D eigenvalue weighted by Crippen LogP contribution is -2.42. The molecule has 34 heavy (non-hydrogen) atoms. The number of amides is 2. The molecular weight excluding hydrogens is 432 g/mol. The molecule has 176 valence electrons. The quantitative estimate of drug-likeness (QED) is 0.217. The first-order valence-electron chi connectivity index (χ1n) is 10.7. The minimum atomic E-state index is -0.754. The fraction of sp³-hybridized carbons (Fsp3) is 0.200. The smallest absolute Gasteiger partial charge is 0.243 e. The summed E-state index contributed by atoms with van der Waals surface area (Å²) in [5, 5.41) is 16.1. The molecule has 2 amide bonds. The van der Waals surface area contributed by atoms with Crippen LogP contribution in [0.1, 0.15) is 28.4 Å². The van der Waals surface area contributed by atoms with Gasteiger partial charge in [0.15, 0.2) is 0 Å². The number of carbonyl (C=O) groups excluding carboxylic acids is 2. The van der Waals surface area contributed by atoms with E-state index < -0.39 is 6.04 Å². The minimum Gasteiger partial charge on any atom is -0.496 e. The number of methoxy groups -OCH3 is 1. The average molecular weight is 461 g/mol. The van der Waals surface area contributed by atoms with E-state index in [0.717, 1.165) is 11.1 Å². The number of para-hydroxylation sites is 1. The first-order chi connectivity index (χ1) is 16.5. The normalized spacial score (nSPS) is 11.3. The Morgan fingerprint density at radius 3 is 2.41 bits per heavy atom. The molecule has 0 saturated carbocycles. The van der Waals surface area contributed by atoms with Crippen LogP contribution in [0.3, 0.4) is 0 Å². The van der Waals surface area contributed by atoms with Gasteiger partial charge < -0.3 is 21.1 Å². The van der Waals surface area contributed by atoms with E-state index in [2.05, 4.69) is 20.9 Å². The molecule has 0 fully saturated rings. The summed E-state index contributed by atoms with van der Waals surface area (Å²) in [4.78, 5) is 29.5. The van der Waals surface area contributed by atoms with Crippen LogP contribution in [-0.4, -0.2) is 36.3 Å². The molecule has 0 radical (unpaired) electrons. The second-order valence-corrected chi connectivity index (χ2v) is 7.49. The van der Waals surface area contributed by atoms with Crippen LogP contribution < -0.4 is 26.4 Å². The van der Waals surface area contributed by atoms with Crippen molar-refractivity contribution in [2.75, 3.05) is 13.7 Å². The second-order valence-electron chi connectivity index (χ2n) is 7.49. The van der Waals surface area contributed by atoms with Crippen molar-refractivity contribution < 1.29 is 14.3 Å². The molecule has 9 heteroatoms. The van der Waals surface area contributed by atoms with Crippen LogP contribution in [0.15, 0.2) is 72.9 Å². The molecule has 2 aromatic carbocycles. The van der Waals surface area contributed by atoms with E-state index in [0.29, 0.717) is 23.6 Å². The average Bonchev–Trinajstić information content (AvgIpc) is 2.87. The summed E-state index contributed by atoms with van der Waals surface area (Å²) in [6, 6.07) is 19.1. The van der Waals surface area contributed by atoms with E-state index in [9.17, 15) is 9.59 Å². The molecule has 0 spiro atoms. The van der Waals surface area contributed by atoms with Gasteiger partial charge in [-0.15, -0.1) is 0 Å². The van der Waals surface area contributed by atoms with Gasteiger partial charge in [-0.3, -0.25) is 25.3 Å². The number of rotatable bonds is 11. The Kier molecular flexibility index (Phi) is 8.70. The number of benzene rings is 2. The number of hydrogen-bond donors (Lipinski definition) is 5. The predicted molar refractivity (Wildman–Crippen MR) is 129 cm³/mol. The monoisotopic (exact) mass is 460 g/mol. The number of amidine groups is 1. The largest absolute Gasteiger partial charge is 0.496 e. The lowest BCUT2D eigenvalue weighted by molar-refractivity contribution is -0.127. The molecule has 0 aliphatic carbocycles. The highest BCUT2D eigenvalue weighted by Crippen LogP contribution is 2.16. The van der Waals surface area contributed by atoms with E-state index in [1.807, 2.05) is 36.4 Å². The summed E-state index contributed by atoms with van der Waals surface area (Å²) in [5.41, 5.74) is 8.41. The van der Waals surface area contributed by atoms with E-state index in [1.54, 1.807) is 43.6 Å². The molecular formula is C25H28N6O3. The van der Waals surface area contributed by atoms with Crippen molar-refractivity contribution in [1.82, 2.24) is 20.9 Å². The lowest BCUT2D eigenvalue weighted by Gasteiger charge is -2.18. The van der Waals surface area contributed by atoms with Gasteiger partial charge in [0.25, 0.3) is 0 Å². The molecule has 1 unspecified atom stereocenters. The molecule has 0 saturated heterocycles. The fourth-order valence-electron chi connectivity index (χ4n) is 3.28. The number of nitrogens with one attached hydrogen (secondary N) is 4. The molecule has 6 N–H and O–H groups in total. The van der Waals surface area contributed by atoms with Crippen molar-refractivity contribution in [3.63, 3.8) is 0 Å². The number of nitrogens with zero attached hydrogens (tertiary/aromatic N) is 1. The number of ether oxygens (including phenoxy) is 1. The highest BCUT2D eigenvalue weighted by molar-refractivity contribution is 5.94. The van der Waals surface area contributed by atoms with Crippen LogP contribution >= 0.6 is 0 Å². The molecule has 0 aliphatic rings. The van der Waals surface area contributed by atoms with Crippen LogP contribution in [-0.2, 0) is 22.7 Å². The van der Waals surface area contributed by atoms with Crippen molar-refractivity contribution in [3.8, 4) is 5.75 Å². The second kappa shape index (κ2) is 12.1. The summed E-state index contributed by atoms with van der Waals surface area (Å²) in [6.07, 6.45) is 1.61. The molecule has 0 aliphatic heterocycles. The van der Waals surface area contributed by atoms with Crippen molar-refractivity contribution in [1.29, 1.82) is 5.41 Å². The molecule has 3 aromatic rings. The van der Waals surface area contributed by atoms with Crippen LogP contribution in [0.5, 0.6) is 5.75 Å². The number of carbonyl (C=O) groups is 2. The van der Waals surface area contributed by atoms with Gasteiger partial charge >= 0.3 is 0 Å². The Bertz CT molecular complexity index is 1120. The zero-order valence-electron chi connectivity index (χ0n) is 18.9. The Labute approximate surface area is 198 Å². The van der Waals surface area contributed by atoms with Gasteiger partial charge in [0.2, 0.25) is 11.8 Å². The third-order valence-corrected chi connectivity index (χ3v) is 5.11. The van der Waals surface area contributed by atoms with Crippen LogP contribution in [0.2, 0.25) is 0 Å². The SMILES string of the molecule is COc1ccccc1CNC(=O)CNC(=O)C(NCc1ccc(C(=N)N)cc1)c1ccccn1. The predicted octanol–water partition coefficient (Wildman–Crippen LogP) is 1.64. The number of pyridine rings is 1. The maximum atomic E-state index is 12.9. The molecule has 9 nitrogen and oxygen atoms in total. The number of nitrogen functional groups attached to an aromatic ring is 1. The van der Waals surface area contributed by atoms with E-state index >= 15 is 0 Å². The number of hydrogen-bond acceptors (Lipinski definition) is 6. The van der Waals surface area contributed by atoms with Gasteiger partial charge in [0, 0.05) is 30.4 Å². The first-order valence-corrected chi connectivity index (χ1v) is 10.7. The topological polar surface area (TPSA) is 142 Å². The van der Waals surface area contributed by atoms with Crippen LogP contribution in [0, 0.1) is 5.41 Å². The summed E-state index contributed by atoms with van der Waals surface area (Å²) in [5.74, 6) is -0.0119. The fourth-order valence-corrected chi connectivity index (χ4v) is 3.28. The molecule has 3 rings (SSSR count). The van der Waals surface area contributed by atoms with Crippen LogP contribution in [0.25, 0.3) is 0 Å². The van der Waals surface area contributed by atoms with Gasteiger partial charge in [0.05, 0.1) is 19.3 Å². The van der Waals surface area contributed by atoms with Crippen molar-refractivity contribution in [2.45, 2.75) is 19.1 Å². The van der Waals surface area contributed by atoms with Crippen molar-refractivity contribution in [2.24, 2.45) is 5.73 Å². The van der Waals surface area contributed by atoms with E-state index in [1.165, 1.54) is 0 Å². The molecule has 1 aromatic heterocycles. The Morgan fingerprint density at radius 2 is 1.74 bits per heavy atom. The van der Waals surface area contributed by atoms with Gasteiger partial charge in [-0.25, -0.2) is 0 Å². The van der Waals surface area contributed by atoms with Gasteiger partial charge in [-0.05, 0) is 23.8 Å². The Hall–Kier alpha value is -4.24. The summed E-state index contributed by atoms with van der Waals surface area (Å²) in [6.45, 7) is 0.496. The van der Waals surface area contributed by atoms with Gasteiger partial charge in [0.1, 0.15) is 17.6 Å². The van der Waals surface area contributed by atoms with Gasteiger partial charge in [-0.2, -0.15) is 0 Å². The third kappa shape index (κ3) is 6.88. The lowest BCUT2D eigenvalue weighted by atomic mass is 10.1. The number of nitrogens with two attached hydrogens (primary N) is 1. The van der Waals surface area contributed by atoms with Crippen molar-refractivity contribution >= 4 is 17.6 Å². The zero-order valence-corrected chi connectivity index (χ0v) is 18.9. The zero-order chi connectivity index (χ0) is 24.3. The summed E-state index contributed by atoms with van der Waals surface area (Å²) in [7, 11) is 1.57. The standard InChI is InChI=1S/C25H28N6O3/c1-34-21-8-3-2-6-19(21)15-29-22(32)16-31-25(33)23(20-7-4-5-13-28-20)30-14-17-9-11-18(12-10-17)24(26)27/h2-13,23,30H,14-16H2,1H3,(H3,26,27)(H,29,32)(H,31,33). The van der Waals surface area contributed by atoms with E-state index in [4.69, 9.17) is 15.9 Å².